The van der Waals surface area contributed by atoms with Gasteiger partial charge in [0.2, 0.25) is 0 Å². The first kappa shape index (κ1) is 89.7. The summed E-state index contributed by atoms with van der Waals surface area (Å²) in [6.45, 7) is 11.8. The first-order chi connectivity index (χ1) is 45.2. The summed E-state index contributed by atoms with van der Waals surface area (Å²) in [7, 11) is -4.81. The maximum absolute atomic E-state index is 11.5. The highest BCUT2D eigenvalue weighted by Gasteiger charge is 2.49. The van der Waals surface area contributed by atoms with E-state index in [1.807, 2.05) is 6.08 Å². The molecule has 28 atom stereocenters. The first-order valence-corrected chi connectivity index (χ1v) is 36.0. The van der Waals surface area contributed by atoms with E-state index in [9.17, 15) is 115 Å². The molecular formula is C68H124O27S. The molecule has 2 rings (SSSR count). The monoisotopic (exact) mass is 1400 g/mol. The lowest BCUT2D eigenvalue weighted by Crippen LogP contribution is -2.61. The van der Waals surface area contributed by atoms with E-state index in [2.05, 4.69) is 19.2 Å². The molecule has 28 heteroatoms. The maximum Gasteiger partial charge on any atom is 0.397 e. The van der Waals surface area contributed by atoms with Crippen LogP contribution in [0, 0.1) is 17.8 Å². The highest BCUT2D eigenvalue weighted by atomic mass is 32.3. The van der Waals surface area contributed by atoms with Gasteiger partial charge < -0.3 is 117 Å². The van der Waals surface area contributed by atoms with Crippen LogP contribution in [0.2, 0.25) is 0 Å². The number of hydrogen-bond donors (Lipinski definition) is 22. The summed E-state index contributed by atoms with van der Waals surface area (Å²) in [6.07, 6.45) is -15.7. The number of allylic oxidation sites excluding steroid dienone is 4. The van der Waals surface area contributed by atoms with Gasteiger partial charge in [0, 0.05) is 12.8 Å². The zero-order valence-electron chi connectivity index (χ0n) is 56.5. The molecule has 2 aliphatic heterocycles. The summed E-state index contributed by atoms with van der Waals surface area (Å²) in [5.74, 6) is -1.98. The number of aliphatic hydroxyl groups excluding tert-OH is 21. The second-order valence-corrected chi connectivity index (χ2v) is 28.2. The molecule has 22 N–H and O–H groups in total. The molecule has 2 saturated heterocycles. The van der Waals surface area contributed by atoms with Gasteiger partial charge in [-0.2, -0.15) is 8.42 Å². The van der Waals surface area contributed by atoms with Crippen LogP contribution in [0.5, 0.6) is 0 Å². The Morgan fingerprint density at radius 1 is 0.552 bits per heavy atom. The minimum atomic E-state index is -4.81. The van der Waals surface area contributed by atoms with Gasteiger partial charge >= 0.3 is 10.4 Å². The van der Waals surface area contributed by atoms with Gasteiger partial charge in [0.25, 0.3) is 0 Å². The van der Waals surface area contributed by atoms with E-state index < -0.39 is 194 Å². The average Bonchev–Trinajstić information content (AvgIpc) is 0.821. The Balaban J connectivity index is 1.82. The minimum absolute atomic E-state index is 0.0289. The van der Waals surface area contributed by atoms with E-state index in [1.54, 1.807) is 32.9 Å². The van der Waals surface area contributed by atoms with E-state index in [4.69, 9.17) is 18.8 Å². The van der Waals surface area contributed by atoms with Crippen molar-refractivity contribution < 1.29 is 134 Å². The van der Waals surface area contributed by atoms with Crippen molar-refractivity contribution in [1.82, 2.24) is 0 Å². The topological polar surface area (TPSA) is 507 Å². The molecule has 0 bridgehead atoms. The van der Waals surface area contributed by atoms with Crippen LogP contribution in [0.3, 0.4) is 0 Å². The number of aliphatic hydroxyl groups is 21. The molecule has 96 heavy (non-hydrogen) atoms. The molecule has 0 aromatic carbocycles. The van der Waals surface area contributed by atoms with Crippen LogP contribution in [-0.2, 0) is 24.1 Å². The Morgan fingerprint density at radius 3 is 1.74 bits per heavy atom. The second kappa shape index (κ2) is 47.8. The summed E-state index contributed by atoms with van der Waals surface area (Å²) in [5.41, 5.74) is -0.0518. The van der Waals surface area contributed by atoms with Gasteiger partial charge in [0.05, 0.1) is 92.1 Å². The van der Waals surface area contributed by atoms with Crippen LogP contribution < -0.4 is 0 Å². The van der Waals surface area contributed by atoms with Crippen molar-refractivity contribution in [3.63, 3.8) is 0 Å². The first-order valence-electron chi connectivity index (χ1n) is 34.6. The predicted molar refractivity (Wildman–Crippen MR) is 355 cm³/mol. The molecule has 0 radical (unpaired) electrons. The molecule has 27 nitrogen and oxygen atoms in total. The van der Waals surface area contributed by atoms with Gasteiger partial charge in [0.15, 0.2) is 0 Å². The second-order valence-electron chi connectivity index (χ2n) is 27.2. The highest BCUT2D eigenvalue weighted by Crippen LogP contribution is 2.33. The molecule has 0 saturated carbocycles. The molecule has 0 spiro atoms. The largest absolute Gasteiger partial charge is 0.397 e. The molecule has 2 heterocycles. The van der Waals surface area contributed by atoms with Crippen molar-refractivity contribution >= 4 is 10.4 Å². The number of hydrogen-bond acceptors (Lipinski definition) is 26. The van der Waals surface area contributed by atoms with Gasteiger partial charge in [0.1, 0.15) is 67.1 Å². The zero-order chi connectivity index (χ0) is 72.4. The Labute approximate surface area is 568 Å². The summed E-state index contributed by atoms with van der Waals surface area (Å²) < 4.78 is 48.6. The van der Waals surface area contributed by atoms with E-state index in [1.165, 1.54) is 18.2 Å². The van der Waals surface area contributed by atoms with Crippen LogP contribution in [0.15, 0.2) is 61.3 Å². The van der Waals surface area contributed by atoms with E-state index in [0.29, 0.717) is 12.8 Å². The van der Waals surface area contributed by atoms with Crippen molar-refractivity contribution in [3.8, 4) is 0 Å². The number of rotatable bonds is 53. The van der Waals surface area contributed by atoms with Gasteiger partial charge in [-0.15, -0.1) is 0 Å². The van der Waals surface area contributed by atoms with Crippen LogP contribution in [0.4, 0.5) is 0 Å². The molecule has 28 unspecified atom stereocenters. The zero-order valence-corrected chi connectivity index (χ0v) is 57.3. The van der Waals surface area contributed by atoms with Crippen molar-refractivity contribution in [3.05, 3.63) is 61.3 Å². The predicted octanol–water partition coefficient (Wildman–Crippen LogP) is 0.381. The smallest absolute Gasteiger partial charge is 0.394 e. The summed E-state index contributed by atoms with van der Waals surface area (Å²) in [6, 6.07) is 0. The third-order valence-electron chi connectivity index (χ3n) is 18.9. The van der Waals surface area contributed by atoms with Crippen LogP contribution in [0.1, 0.15) is 188 Å². The fourth-order valence-electron chi connectivity index (χ4n) is 12.4. The maximum atomic E-state index is 11.5. The fourth-order valence-corrected chi connectivity index (χ4v) is 13.0. The quantitative estimate of drug-likeness (QED) is 0.0169. The van der Waals surface area contributed by atoms with Crippen molar-refractivity contribution in [2.75, 3.05) is 6.61 Å². The minimum Gasteiger partial charge on any atom is -0.394 e. The fraction of sp³-hybridized carbons (Fsp3) is 0.853. The lowest BCUT2D eigenvalue weighted by Gasteiger charge is -2.43. The number of ether oxygens (including phenoxy) is 2. The molecular weight excluding hydrogens is 1280 g/mol. The van der Waals surface area contributed by atoms with Crippen molar-refractivity contribution in [1.29, 1.82) is 0 Å². The van der Waals surface area contributed by atoms with E-state index >= 15 is 0 Å². The molecule has 0 aromatic heterocycles. The third kappa shape index (κ3) is 33.6. The van der Waals surface area contributed by atoms with Crippen LogP contribution in [0.25, 0.3) is 0 Å². The van der Waals surface area contributed by atoms with Gasteiger partial charge in [-0.05, 0) is 139 Å². The molecule has 2 fully saturated rings. The Morgan fingerprint density at radius 2 is 1.12 bits per heavy atom. The van der Waals surface area contributed by atoms with E-state index in [0.717, 1.165) is 51.4 Å². The lowest BCUT2D eigenvalue weighted by molar-refractivity contribution is -0.250. The van der Waals surface area contributed by atoms with Crippen molar-refractivity contribution in [2.45, 2.75) is 340 Å². The van der Waals surface area contributed by atoms with Gasteiger partial charge in [-0.25, -0.2) is 4.18 Å². The average molecular weight is 1410 g/mol. The highest BCUT2D eigenvalue weighted by molar-refractivity contribution is 7.80. The summed E-state index contributed by atoms with van der Waals surface area (Å²) in [5, 5.41) is 225. The molecule has 0 aromatic rings. The standard InChI is InChI=1S/C68H124O27S/c1-6-7-8-9-10-11-12-13-14-15-16-17-18-30-49(74)61(84)68-62(85)53(78)38-54(94-68)63(86)59(82)42(4)33-35-51(76)67-66(89)65(88)64(87)55(93-67)37-52(77)56(79)40(2)23-19-31-48(73)60(83)58(81)41(3)32-34-50(75)57(80)43(5)36-45(71)26-22-29-47(95-96(90,91)92)28-21-25-44(70)24-20-27-46(72)39-69/h6-8,18,20,24,30,40-41,43-89H,1,4,9-17,19,21-23,25-29,31-39H2,2-3,5H3,(H,90,91,92)/b8-7+,24-20+,30-18+. The lowest BCUT2D eigenvalue weighted by atomic mass is 9.85. The van der Waals surface area contributed by atoms with Gasteiger partial charge in [-0.3, -0.25) is 4.55 Å². The van der Waals surface area contributed by atoms with Crippen LogP contribution in [-0.4, -0.2) is 279 Å². The summed E-state index contributed by atoms with van der Waals surface area (Å²) >= 11 is 0. The molecule has 0 aliphatic carbocycles. The normalized spacial score (nSPS) is 27.6. The summed E-state index contributed by atoms with van der Waals surface area (Å²) in [4.78, 5) is 0. The number of unbranched alkanes of at least 4 members (excludes halogenated alkanes) is 8. The molecule has 0 amide bonds. The SMILES string of the molecule is C=C/C=C/CCCCCCCCC/C=C/C(O)C(O)C1OC(C(O)C(O)C(=C)CCC(O)C2OC(CC(O)C(O)C(C)CCCC(O)C(O)C(O)C(C)CCC(O)C(O)C(C)CC(O)CCCC(CCCC(O)/C=C/CC(O)CO)OS(=O)(=O)O)C(O)C(O)C2O)CC(O)C1O. The van der Waals surface area contributed by atoms with E-state index in [-0.39, 0.29) is 102 Å². The Kier molecular flexibility index (Phi) is 44.6. The molecule has 564 valence electrons. The Bertz CT molecular complexity index is 2270. The third-order valence-corrected chi connectivity index (χ3v) is 19.4. The van der Waals surface area contributed by atoms with Crippen molar-refractivity contribution in [2.24, 2.45) is 17.8 Å². The van der Waals surface area contributed by atoms with Crippen LogP contribution >= 0.6 is 0 Å². The Hall–Kier alpha value is -2.35. The molecule has 2 aliphatic rings. The van der Waals surface area contributed by atoms with Gasteiger partial charge in [-0.1, -0.05) is 115 Å².